The van der Waals surface area contributed by atoms with Crippen molar-refractivity contribution < 1.29 is 9.18 Å². The molecule has 2 N–H and O–H groups in total. The first-order chi connectivity index (χ1) is 8.66. The maximum Gasteiger partial charge on any atom is 0.254 e. The van der Waals surface area contributed by atoms with Crippen LogP contribution in [0.3, 0.4) is 0 Å². The summed E-state index contributed by atoms with van der Waals surface area (Å²) in [6.07, 6.45) is 2.82. The molecule has 2 rings (SSSR count). The van der Waals surface area contributed by atoms with Crippen LogP contribution in [0.1, 0.15) is 16.2 Å². The normalized spacial score (nSPS) is 10.3. The van der Waals surface area contributed by atoms with Crippen molar-refractivity contribution in [2.24, 2.45) is 0 Å². The van der Waals surface area contributed by atoms with Crippen molar-refractivity contribution in [3.05, 3.63) is 40.9 Å². The van der Waals surface area contributed by atoms with Crippen LogP contribution in [0.5, 0.6) is 0 Å². The van der Waals surface area contributed by atoms with Gasteiger partial charge in [-0.15, -0.1) is 0 Å². The quantitative estimate of drug-likeness (QED) is 0.810. The number of carbonyl (C=O) groups is 1. The molecule has 2 heterocycles. The van der Waals surface area contributed by atoms with Gasteiger partial charge in [-0.2, -0.15) is 5.10 Å². The minimum absolute atomic E-state index is 0.00855. The average molecular weight is 270 g/mol. The highest BCUT2D eigenvalue weighted by Gasteiger charge is 2.12. The second-order valence-electron chi connectivity index (χ2n) is 3.43. The molecule has 0 aliphatic carbocycles. The molecule has 0 bridgehead atoms. The lowest BCUT2D eigenvalue weighted by Crippen LogP contribution is -2.26. The Labute approximate surface area is 107 Å². The Hall–Kier alpha value is -2.02. The van der Waals surface area contributed by atoms with Gasteiger partial charge >= 0.3 is 0 Å². The van der Waals surface area contributed by atoms with Crippen LogP contribution >= 0.6 is 11.6 Å². The summed E-state index contributed by atoms with van der Waals surface area (Å²) in [5, 5.41) is 8.89. The van der Waals surface area contributed by atoms with E-state index in [1.54, 1.807) is 0 Å². The monoisotopic (exact) mass is 269 g/mol. The first-order valence-corrected chi connectivity index (χ1v) is 5.48. The third-order valence-electron chi connectivity index (χ3n) is 2.16. The molecule has 0 fully saturated rings. The number of nitrogens with one attached hydrogen (secondary N) is 2. The second-order valence-corrected chi connectivity index (χ2v) is 3.79. The van der Waals surface area contributed by atoms with Crippen molar-refractivity contribution in [3.8, 4) is 0 Å². The molecule has 94 valence electrons. The van der Waals surface area contributed by atoms with E-state index in [1.807, 2.05) is 0 Å². The molecular weight excluding hydrogens is 261 g/mol. The van der Waals surface area contributed by atoms with Crippen molar-refractivity contribution in [1.29, 1.82) is 0 Å². The first kappa shape index (κ1) is 12.4. The number of nitrogens with zero attached hydrogens (tertiary/aromatic N) is 3. The third-order valence-corrected chi connectivity index (χ3v) is 2.46. The number of aromatic amines is 1. The van der Waals surface area contributed by atoms with Crippen molar-refractivity contribution in [2.75, 3.05) is 6.54 Å². The van der Waals surface area contributed by atoms with Crippen molar-refractivity contribution in [3.63, 3.8) is 0 Å². The zero-order valence-corrected chi connectivity index (χ0v) is 9.91. The summed E-state index contributed by atoms with van der Waals surface area (Å²) < 4.78 is 12.9. The molecular formula is C10H9ClFN5O. The Kier molecular flexibility index (Phi) is 3.83. The molecule has 0 aromatic carbocycles. The number of amides is 1. The molecule has 0 spiro atoms. The molecule has 1 amide bonds. The van der Waals surface area contributed by atoms with Gasteiger partial charge < -0.3 is 5.32 Å². The van der Waals surface area contributed by atoms with Crippen LogP contribution in [0.4, 0.5) is 4.39 Å². The fourth-order valence-corrected chi connectivity index (χ4v) is 1.51. The summed E-state index contributed by atoms with van der Waals surface area (Å²) >= 11 is 5.70. The fraction of sp³-hybridized carbons (Fsp3) is 0.200. The molecule has 0 atom stereocenters. The van der Waals surface area contributed by atoms with E-state index in [1.165, 1.54) is 6.33 Å². The molecule has 8 heteroatoms. The van der Waals surface area contributed by atoms with Gasteiger partial charge in [-0.25, -0.2) is 14.4 Å². The molecule has 18 heavy (non-hydrogen) atoms. The Morgan fingerprint density at radius 1 is 1.50 bits per heavy atom. The van der Waals surface area contributed by atoms with Gasteiger partial charge in [0.15, 0.2) is 0 Å². The van der Waals surface area contributed by atoms with Crippen molar-refractivity contribution in [1.82, 2.24) is 25.5 Å². The summed E-state index contributed by atoms with van der Waals surface area (Å²) in [4.78, 5) is 19.2. The largest absolute Gasteiger partial charge is 0.351 e. The minimum atomic E-state index is -0.611. The van der Waals surface area contributed by atoms with Gasteiger partial charge in [0.2, 0.25) is 0 Å². The van der Waals surface area contributed by atoms with Gasteiger partial charge in [0.05, 0.1) is 11.8 Å². The third kappa shape index (κ3) is 3.01. The number of hydrogen-bond donors (Lipinski definition) is 2. The fourth-order valence-electron chi connectivity index (χ4n) is 1.32. The van der Waals surface area contributed by atoms with Gasteiger partial charge in [-0.05, 0) is 6.07 Å². The number of pyridine rings is 1. The van der Waals surface area contributed by atoms with E-state index in [4.69, 9.17) is 11.6 Å². The summed E-state index contributed by atoms with van der Waals surface area (Å²) in [6.45, 7) is 0.334. The zero-order chi connectivity index (χ0) is 13.0. The Morgan fingerprint density at radius 3 is 3.06 bits per heavy atom. The topological polar surface area (TPSA) is 83.6 Å². The lowest BCUT2D eigenvalue weighted by Gasteiger charge is -2.05. The first-order valence-electron chi connectivity index (χ1n) is 5.10. The predicted octanol–water partition coefficient (Wildman–Crippen LogP) is 0.965. The highest BCUT2D eigenvalue weighted by Crippen LogP contribution is 2.13. The Balaban J connectivity index is 1.93. The van der Waals surface area contributed by atoms with E-state index in [0.29, 0.717) is 18.8 Å². The average Bonchev–Trinajstić information content (AvgIpc) is 2.85. The maximum absolute atomic E-state index is 12.9. The maximum atomic E-state index is 12.9. The summed E-state index contributed by atoms with van der Waals surface area (Å²) in [5.41, 5.74) is 0.00855. The highest BCUT2D eigenvalue weighted by molar-refractivity contribution is 6.32. The van der Waals surface area contributed by atoms with Crippen LogP contribution in [0.25, 0.3) is 0 Å². The number of rotatable bonds is 4. The van der Waals surface area contributed by atoms with E-state index in [9.17, 15) is 9.18 Å². The summed E-state index contributed by atoms with van der Waals surface area (Å²) in [7, 11) is 0. The van der Waals surface area contributed by atoms with Gasteiger partial charge in [0.1, 0.15) is 23.1 Å². The molecule has 0 unspecified atom stereocenters. The number of halogens is 2. The van der Waals surface area contributed by atoms with Gasteiger partial charge in [0.25, 0.3) is 5.91 Å². The molecule has 2 aromatic rings. The lowest BCUT2D eigenvalue weighted by molar-refractivity contribution is 0.0953. The standard InChI is InChI=1S/C10H9ClFN5O/c11-9-7(3-6(12)4-14-9)10(18)13-2-1-8-15-5-16-17-8/h3-5H,1-2H2,(H,13,18)(H,15,16,17). The summed E-state index contributed by atoms with van der Waals surface area (Å²) in [5.74, 6) is -0.440. The molecule has 6 nitrogen and oxygen atoms in total. The predicted molar refractivity (Wildman–Crippen MR) is 61.6 cm³/mol. The van der Waals surface area contributed by atoms with Gasteiger partial charge in [-0.3, -0.25) is 9.89 Å². The van der Waals surface area contributed by atoms with E-state index in [2.05, 4.69) is 25.5 Å². The van der Waals surface area contributed by atoms with E-state index in [0.717, 1.165) is 12.3 Å². The van der Waals surface area contributed by atoms with Crippen molar-refractivity contribution in [2.45, 2.75) is 6.42 Å². The molecule has 0 radical (unpaired) electrons. The SMILES string of the molecule is O=C(NCCc1ncn[nH]1)c1cc(F)cnc1Cl. The van der Waals surface area contributed by atoms with Gasteiger partial charge in [-0.1, -0.05) is 11.6 Å². The van der Waals surface area contributed by atoms with Crippen LogP contribution in [0.2, 0.25) is 5.15 Å². The van der Waals surface area contributed by atoms with Crippen molar-refractivity contribution >= 4 is 17.5 Å². The lowest BCUT2D eigenvalue weighted by atomic mass is 10.2. The molecule has 0 aliphatic rings. The van der Waals surface area contributed by atoms with Crippen LogP contribution in [-0.2, 0) is 6.42 Å². The second kappa shape index (κ2) is 5.54. The Bertz CT molecular complexity index is 545. The smallest absolute Gasteiger partial charge is 0.254 e. The molecule has 0 aliphatic heterocycles. The molecule has 2 aromatic heterocycles. The van der Waals surface area contributed by atoms with E-state index < -0.39 is 11.7 Å². The van der Waals surface area contributed by atoms with Gasteiger partial charge in [0, 0.05) is 13.0 Å². The molecule has 0 saturated heterocycles. The summed E-state index contributed by atoms with van der Waals surface area (Å²) in [6, 6.07) is 1.04. The van der Waals surface area contributed by atoms with E-state index >= 15 is 0 Å². The van der Waals surface area contributed by atoms with Crippen LogP contribution in [-0.4, -0.2) is 32.6 Å². The van der Waals surface area contributed by atoms with Crippen LogP contribution < -0.4 is 5.32 Å². The zero-order valence-electron chi connectivity index (χ0n) is 9.15. The molecule has 0 saturated carbocycles. The van der Waals surface area contributed by atoms with Crippen LogP contribution in [0, 0.1) is 5.82 Å². The highest BCUT2D eigenvalue weighted by atomic mass is 35.5. The number of carbonyl (C=O) groups excluding carboxylic acids is 1. The minimum Gasteiger partial charge on any atom is -0.351 e. The van der Waals surface area contributed by atoms with E-state index in [-0.39, 0.29) is 10.7 Å². The number of H-pyrrole nitrogens is 1. The van der Waals surface area contributed by atoms with Crippen LogP contribution in [0.15, 0.2) is 18.6 Å². The number of hydrogen-bond acceptors (Lipinski definition) is 4. The number of aromatic nitrogens is 4. The Morgan fingerprint density at radius 2 is 2.33 bits per heavy atom.